The van der Waals surface area contributed by atoms with E-state index < -0.39 is 5.91 Å². The molecule has 0 saturated heterocycles. The number of benzene rings is 2. The van der Waals surface area contributed by atoms with Gasteiger partial charge in [-0.15, -0.1) is 0 Å². The highest BCUT2D eigenvalue weighted by molar-refractivity contribution is 5.83. The van der Waals surface area contributed by atoms with Crippen molar-refractivity contribution < 1.29 is 23.4 Å². The topological polar surface area (TPSA) is 101 Å². The quantitative estimate of drug-likeness (QED) is 0.728. The van der Waals surface area contributed by atoms with E-state index >= 15 is 0 Å². The van der Waals surface area contributed by atoms with E-state index in [1.54, 1.807) is 37.4 Å². The minimum Gasteiger partial charge on any atom is -0.493 e. The molecule has 0 bridgehead atoms. The molecule has 1 aromatic heterocycles. The van der Waals surface area contributed by atoms with Crippen molar-refractivity contribution in [1.29, 1.82) is 0 Å². The largest absolute Gasteiger partial charge is 0.493 e. The van der Waals surface area contributed by atoms with Crippen LogP contribution in [0.5, 0.6) is 17.2 Å². The Morgan fingerprint density at radius 2 is 1.85 bits per heavy atom. The number of carbonyl (C=O) groups excluding carboxylic acids is 1. The Kier molecular flexibility index (Phi) is 4.79. The van der Waals surface area contributed by atoms with Crippen molar-refractivity contribution in [3.8, 4) is 28.4 Å². The molecule has 0 saturated carbocycles. The average molecular weight is 355 g/mol. The zero-order valence-electron chi connectivity index (χ0n) is 14.3. The zero-order chi connectivity index (χ0) is 18.7. The second-order valence-corrected chi connectivity index (χ2v) is 5.46. The number of carbonyl (C=O) groups is 1. The van der Waals surface area contributed by atoms with Gasteiger partial charge in [0.2, 0.25) is 0 Å². The Balaban J connectivity index is 2.03. The summed E-state index contributed by atoms with van der Waals surface area (Å²) in [4.78, 5) is 23.6. The number of nitrogens with two attached hydrogens (primary N) is 1. The SMILES string of the molecule is COc1ccc(-c2coc3cc(OCC(N)=O)ccc3c2=O)cc1OC. The second kappa shape index (κ2) is 7.18. The molecule has 1 heterocycles. The summed E-state index contributed by atoms with van der Waals surface area (Å²) in [5.74, 6) is 0.881. The molecule has 0 aliphatic rings. The molecule has 0 spiro atoms. The number of rotatable bonds is 6. The van der Waals surface area contributed by atoms with Crippen molar-refractivity contribution in [3.63, 3.8) is 0 Å². The zero-order valence-corrected chi connectivity index (χ0v) is 14.3. The molecule has 134 valence electrons. The molecule has 0 aliphatic heterocycles. The summed E-state index contributed by atoms with van der Waals surface area (Å²) >= 11 is 0. The van der Waals surface area contributed by atoms with Gasteiger partial charge in [0.25, 0.3) is 5.91 Å². The Morgan fingerprint density at radius 3 is 2.54 bits per heavy atom. The standard InChI is InChI=1S/C19H17NO6/c1-23-15-6-3-11(7-17(15)24-2)14-9-26-16-8-12(25-10-18(20)21)4-5-13(16)19(14)22/h3-9H,10H2,1-2H3,(H2,20,21). The number of ether oxygens (including phenoxy) is 3. The van der Waals surface area contributed by atoms with Crippen molar-refractivity contribution in [1.82, 2.24) is 0 Å². The molecular formula is C19H17NO6. The predicted molar refractivity (Wildman–Crippen MR) is 95.7 cm³/mol. The van der Waals surface area contributed by atoms with Crippen molar-refractivity contribution in [2.24, 2.45) is 5.73 Å². The predicted octanol–water partition coefficient (Wildman–Crippen LogP) is 2.34. The summed E-state index contributed by atoms with van der Waals surface area (Å²) in [6.07, 6.45) is 1.38. The van der Waals surface area contributed by atoms with Crippen LogP contribution in [-0.2, 0) is 4.79 Å². The molecule has 1 amide bonds. The average Bonchev–Trinajstić information content (AvgIpc) is 2.66. The maximum atomic E-state index is 12.8. The summed E-state index contributed by atoms with van der Waals surface area (Å²) in [5, 5.41) is 0.392. The highest BCUT2D eigenvalue weighted by Gasteiger charge is 2.13. The minimum atomic E-state index is -0.588. The van der Waals surface area contributed by atoms with Gasteiger partial charge in [0, 0.05) is 6.07 Å². The molecule has 3 rings (SSSR count). The van der Waals surface area contributed by atoms with E-state index in [1.807, 2.05) is 0 Å². The number of hydrogen-bond donors (Lipinski definition) is 1. The molecule has 3 aromatic rings. The van der Waals surface area contributed by atoms with Crippen molar-refractivity contribution >= 4 is 16.9 Å². The number of fused-ring (bicyclic) bond motifs is 1. The highest BCUT2D eigenvalue weighted by atomic mass is 16.5. The maximum absolute atomic E-state index is 12.8. The van der Waals surface area contributed by atoms with E-state index in [1.165, 1.54) is 19.4 Å². The van der Waals surface area contributed by atoms with E-state index in [4.69, 9.17) is 24.4 Å². The summed E-state index contributed by atoms with van der Waals surface area (Å²) in [6, 6.07) is 9.89. The first-order valence-corrected chi connectivity index (χ1v) is 7.72. The first-order valence-electron chi connectivity index (χ1n) is 7.72. The van der Waals surface area contributed by atoms with Crippen molar-refractivity contribution in [2.45, 2.75) is 0 Å². The first kappa shape index (κ1) is 17.3. The lowest BCUT2D eigenvalue weighted by Crippen LogP contribution is -2.20. The lowest BCUT2D eigenvalue weighted by molar-refractivity contribution is -0.119. The minimum absolute atomic E-state index is 0.195. The Labute approximate surface area is 148 Å². The van der Waals surface area contributed by atoms with Crippen molar-refractivity contribution in [3.05, 3.63) is 52.9 Å². The first-order chi connectivity index (χ1) is 12.5. The molecule has 0 aliphatic carbocycles. The van der Waals surface area contributed by atoms with Gasteiger partial charge in [-0.2, -0.15) is 0 Å². The number of methoxy groups -OCH3 is 2. The fraction of sp³-hybridized carbons (Fsp3) is 0.158. The second-order valence-electron chi connectivity index (χ2n) is 5.46. The van der Waals surface area contributed by atoms with Crippen LogP contribution >= 0.6 is 0 Å². The van der Waals surface area contributed by atoms with Crippen LogP contribution in [-0.4, -0.2) is 26.7 Å². The Hall–Kier alpha value is -3.48. The third kappa shape index (κ3) is 3.32. The maximum Gasteiger partial charge on any atom is 0.255 e. The molecule has 0 fully saturated rings. The van der Waals surface area contributed by atoms with Crippen LogP contribution in [0.15, 0.2) is 51.9 Å². The van der Waals surface area contributed by atoms with Crippen molar-refractivity contribution in [2.75, 3.05) is 20.8 Å². The summed E-state index contributed by atoms with van der Waals surface area (Å²) in [7, 11) is 3.07. The third-order valence-electron chi connectivity index (χ3n) is 3.82. The number of hydrogen-bond acceptors (Lipinski definition) is 6. The Morgan fingerprint density at radius 1 is 1.08 bits per heavy atom. The van der Waals surface area contributed by atoms with Crippen LogP contribution < -0.4 is 25.4 Å². The molecule has 2 N–H and O–H groups in total. The fourth-order valence-electron chi connectivity index (χ4n) is 2.56. The van der Waals surface area contributed by atoms with Gasteiger partial charge in [-0.25, -0.2) is 0 Å². The highest BCUT2D eigenvalue weighted by Crippen LogP contribution is 2.32. The lowest BCUT2D eigenvalue weighted by Gasteiger charge is -2.10. The van der Waals surface area contributed by atoms with Gasteiger partial charge in [0.1, 0.15) is 17.6 Å². The fourth-order valence-corrected chi connectivity index (χ4v) is 2.56. The van der Waals surface area contributed by atoms with E-state index in [-0.39, 0.29) is 12.0 Å². The van der Waals surface area contributed by atoms with Crippen LogP contribution in [0.25, 0.3) is 22.1 Å². The van der Waals surface area contributed by atoms with Gasteiger partial charge >= 0.3 is 0 Å². The van der Waals surface area contributed by atoms with E-state index in [9.17, 15) is 9.59 Å². The summed E-state index contributed by atoms with van der Waals surface area (Å²) in [6.45, 7) is -0.251. The van der Waals surface area contributed by atoms with Gasteiger partial charge < -0.3 is 24.4 Å². The lowest BCUT2D eigenvalue weighted by atomic mass is 10.0. The van der Waals surface area contributed by atoms with Gasteiger partial charge in [0.05, 0.1) is 25.2 Å². The van der Waals surface area contributed by atoms with Gasteiger partial charge in [-0.05, 0) is 29.8 Å². The normalized spacial score (nSPS) is 10.5. The molecule has 0 unspecified atom stereocenters. The third-order valence-corrected chi connectivity index (χ3v) is 3.82. The van der Waals surface area contributed by atoms with E-state index in [2.05, 4.69) is 0 Å². The van der Waals surface area contributed by atoms with Crippen LogP contribution in [0, 0.1) is 0 Å². The molecule has 7 heteroatoms. The van der Waals surface area contributed by atoms with Gasteiger partial charge in [-0.3, -0.25) is 9.59 Å². The number of amides is 1. The molecule has 0 atom stereocenters. The van der Waals surface area contributed by atoms with Crippen LogP contribution in [0.3, 0.4) is 0 Å². The monoisotopic (exact) mass is 355 g/mol. The van der Waals surface area contributed by atoms with Crippen LogP contribution in [0.2, 0.25) is 0 Å². The molecule has 7 nitrogen and oxygen atoms in total. The molecule has 26 heavy (non-hydrogen) atoms. The van der Waals surface area contributed by atoms with Gasteiger partial charge in [0.15, 0.2) is 23.5 Å². The van der Waals surface area contributed by atoms with E-state index in [0.29, 0.717) is 39.3 Å². The molecule has 0 radical (unpaired) electrons. The van der Waals surface area contributed by atoms with E-state index in [0.717, 1.165) is 0 Å². The van der Waals surface area contributed by atoms with Gasteiger partial charge in [-0.1, -0.05) is 6.07 Å². The summed E-state index contributed by atoms with van der Waals surface area (Å²) in [5.41, 5.74) is 6.24. The molecular weight excluding hydrogens is 338 g/mol. The smallest absolute Gasteiger partial charge is 0.255 e. The molecule has 2 aromatic carbocycles. The van der Waals surface area contributed by atoms with Crippen LogP contribution in [0.1, 0.15) is 0 Å². The Bertz CT molecular complexity index is 1020. The number of primary amides is 1. The summed E-state index contributed by atoms with van der Waals surface area (Å²) < 4.78 is 21.3. The van der Waals surface area contributed by atoms with Crippen LogP contribution in [0.4, 0.5) is 0 Å².